The monoisotopic (exact) mass is 263 g/mol. The third kappa shape index (κ3) is 2.14. The molecule has 2 atom stereocenters. The van der Waals surface area contributed by atoms with Gasteiger partial charge in [-0.3, -0.25) is 4.79 Å². The van der Waals surface area contributed by atoms with Crippen LogP contribution in [0.25, 0.3) is 0 Å². The van der Waals surface area contributed by atoms with Crippen LogP contribution in [0.2, 0.25) is 0 Å². The molecule has 1 saturated heterocycles. The van der Waals surface area contributed by atoms with Crippen molar-refractivity contribution in [2.45, 2.75) is 45.7 Å². The minimum atomic E-state index is -0.290. The molecule has 1 fully saturated rings. The minimum Gasteiger partial charge on any atom is -0.346 e. The first-order chi connectivity index (χ1) is 9.10. The van der Waals surface area contributed by atoms with Gasteiger partial charge in [0, 0.05) is 19.5 Å². The van der Waals surface area contributed by atoms with Crippen molar-refractivity contribution in [2.75, 3.05) is 13.1 Å². The highest BCUT2D eigenvalue weighted by Crippen LogP contribution is 2.26. The summed E-state index contributed by atoms with van der Waals surface area (Å²) in [5.41, 5.74) is -0.290. The van der Waals surface area contributed by atoms with E-state index in [4.69, 9.17) is 0 Å². The second-order valence-corrected chi connectivity index (χ2v) is 5.91. The molecule has 0 bridgehead atoms. The van der Waals surface area contributed by atoms with Gasteiger partial charge in [-0.15, -0.1) is 10.2 Å². The molecule has 3 heterocycles. The number of aryl methyl sites for hydroxylation is 1. The molecule has 0 saturated carbocycles. The van der Waals surface area contributed by atoms with Gasteiger partial charge in [0.1, 0.15) is 5.82 Å². The number of nitrogens with one attached hydrogen (secondary N) is 2. The molecule has 0 spiro atoms. The summed E-state index contributed by atoms with van der Waals surface area (Å²) < 4.78 is 2.14. The number of nitrogens with zero attached hydrogens (tertiary/aromatic N) is 3. The lowest BCUT2D eigenvalue weighted by molar-refractivity contribution is -0.130. The lowest BCUT2D eigenvalue weighted by atomic mass is 9.88. The van der Waals surface area contributed by atoms with Crippen LogP contribution in [0.3, 0.4) is 0 Å². The van der Waals surface area contributed by atoms with Gasteiger partial charge in [-0.1, -0.05) is 0 Å². The first kappa shape index (κ1) is 12.6. The molecule has 0 radical (unpaired) electrons. The van der Waals surface area contributed by atoms with Crippen LogP contribution < -0.4 is 10.6 Å². The Morgan fingerprint density at radius 3 is 3.11 bits per heavy atom. The molecule has 3 rings (SSSR count). The number of amides is 1. The number of carbonyl (C=O) groups excluding carboxylic acids is 1. The van der Waals surface area contributed by atoms with Gasteiger partial charge in [0.25, 0.3) is 0 Å². The summed E-state index contributed by atoms with van der Waals surface area (Å²) in [4.78, 5) is 12.4. The molecule has 104 valence electrons. The highest BCUT2D eigenvalue weighted by atomic mass is 16.2. The molecule has 2 aliphatic rings. The Bertz CT molecular complexity index is 489. The quantitative estimate of drug-likeness (QED) is 0.828. The molecule has 6 heteroatoms. The summed E-state index contributed by atoms with van der Waals surface area (Å²) in [5, 5.41) is 14.8. The predicted octanol–water partition coefficient (Wildman–Crippen LogP) is 0.401. The average Bonchev–Trinajstić information content (AvgIpc) is 3.03. The van der Waals surface area contributed by atoms with Gasteiger partial charge in [0.15, 0.2) is 5.82 Å². The molecule has 19 heavy (non-hydrogen) atoms. The summed E-state index contributed by atoms with van der Waals surface area (Å²) >= 11 is 0. The van der Waals surface area contributed by atoms with E-state index in [0.717, 1.165) is 50.5 Å². The van der Waals surface area contributed by atoms with E-state index >= 15 is 0 Å². The zero-order chi connectivity index (χ0) is 13.5. The zero-order valence-corrected chi connectivity index (χ0v) is 11.6. The van der Waals surface area contributed by atoms with Crippen LogP contribution in [0, 0.1) is 5.41 Å². The van der Waals surface area contributed by atoms with Crippen molar-refractivity contribution in [3.8, 4) is 0 Å². The Kier molecular flexibility index (Phi) is 3.05. The largest absolute Gasteiger partial charge is 0.346 e. The summed E-state index contributed by atoms with van der Waals surface area (Å²) in [6.45, 7) is 6.64. The Balaban J connectivity index is 1.71. The van der Waals surface area contributed by atoms with Gasteiger partial charge in [-0.05, 0) is 33.2 Å². The first-order valence-corrected chi connectivity index (χ1v) is 7.04. The van der Waals surface area contributed by atoms with E-state index in [0.29, 0.717) is 0 Å². The summed E-state index contributed by atoms with van der Waals surface area (Å²) in [5.74, 6) is 2.04. The molecule has 0 aromatic carbocycles. The van der Waals surface area contributed by atoms with Gasteiger partial charge in [0.05, 0.1) is 11.5 Å². The van der Waals surface area contributed by atoms with Crippen LogP contribution >= 0.6 is 0 Å². The van der Waals surface area contributed by atoms with Gasteiger partial charge < -0.3 is 15.2 Å². The average molecular weight is 263 g/mol. The maximum atomic E-state index is 12.4. The molecule has 6 nitrogen and oxygen atoms in total. The molecule has 0 aliphatic carbocycles. The SMILES string of the molecule is CC(NC(=O)C1(C)CCNC1)c1nnc2n1CCC2. The van der Waals surface area contributed by atoms with E-state index in [2.05, 4.69) is 25.4 Å². The summed E-state index contributed by atoms with van der Waals surface area (Å²) in [6.07, 6.45) is 3.01. The van der Waals surface area contributed by atoms with Crippen molar-refractivity contribution in [3.63, 3.8) is 0 Å². The lowest BCUT2D eigenvalue weighted by Gasteiger charge is -2.24. The number of fused-ring (bicyclic) bond motifs is 1. The molecule has 2 N–H and O–H groups in total. The van der Waals surface area contributed by atoms with Gasteiger partial charge in [-0.2, -0.15) is 0 Å². The normalized spacial score (nSPS) is 27.3. The molecular formula is C13H21N5O. The third-order valence-electron chi connectivity index (χ3n) is 4.29. The van der Waals surface area contributed by atoms with Crippen molar-refractivity contribution < 1.29 is 4.79 Å². The second kappa shape index (κ2) is 4.59. The molecule has 2 unspecified atom stereocenters. The Morgan fingerprint density at radius 1 is 1.53 bits per heavy atom. The van der Waals surface area contributed by atoms with E-state index in [1.54, 1.807) is 0 Å². The Hall–Kier alpha value is -1.43. The van der Waals surface area contributed by atoms with Crippen LogP contribution in [0.4, 0.5) is 0 Å². The summed E-state index contributed by atoms with van der Waals surface area (Å²) in [6, 6.07) is -0.0794. The number of rotatable bonds is 3. The smallest absolute Gasteiger partial charge is 0.227 e. The van der Waals surface area contributed by atoms with E-state index in [1.807, 2.05) is 13.8 Å². The molecule has 1 aromatic heterocycles. The van der Waals surface area contributed by atoms with E-state index in [9.17, 15) is 4.79 Å². The number of carbonyl (C=O) groups is 1. The van der Waals surface area contributed by atoms with Crippen molar-refractivity contribution in [1.82, 2.24) is 25.4 Å². The highest BCUT2D eigenvalue weighted by Gasteiger charge is 2.37. The Morgan fingerprint density at radius 2 is 2.37 bits per heavy atom. The zero-order valence-electron chi connectivity index (χ0n) is 11.6. The number of hydrogen-bond donors (Lipinski definition) is 2. The third-order valence-corrected chi connectivity index (χ3v) is 4.29. The maximum Gasteiger partial charge on any atom is 0.227 e. The maximum absolute atomic E-state index is 12.4. The van der Waals surface area contributed by atoms with E-state index in [1.165, 1.54) is 0 Å². The van der Waals surface area contributed by atoms with Crippen LogP contribution in [0.1, 0.15) is 44.4 Å². The fraction of sp³-hybridized carbons (Fsp3) is 0.769. The molecular weight excluding hydrogens is 242 g/mol. The van der Waals surface area contributed by atoms with Crippen molar-refractivity contribution in [1.29, 1.82) is 0 Å². The standard InChI is InChI=1S/C13H21N5O/c1-9(11-17-16-10-4-3-7-18(10)11)15-12(19)13(2)5-6-14-8-13/h9,14H,3-8H2,1-2H3,(H,15,19). The van der Waals surface area contributed by atoms with Crippen LogP contribution in [0.5, 0.6) is 0 Å². The fourth-order valence-electron chi connectivity index (χ4n) is 2.94. The Labute approximate surface area is 113 Å². The minimum absolute atomic E-state index is 0.0794. The number of hydrogen-bond acceptors (Lipinski definition) is 4. The topological polar surface area (TPSA) is 71.8 Å². The van der Waals surface area contributed by atoms with Crippen molar-refractivity contribution >= 4 is 5.91 Å². The van der Waals surface area contributed by atoms with Crippen LogP contribution in [0.15, 0.2) is 0 Å². The first-order valence-electron chi connectivity index (χ1n) is 7.04. The van der Waals surface area contributed by atoms with Gasteiger partial charge in [-0.25, -0.2) is 0 Å². The lowest BCUT2D eigenvalue weighted by Crippen LogP contribution is -2.42. The highest BCUT2D eigenvalue weighted by molar-refractivity contribution is 5.83. The van der Waals surface area contributed by atoms with Crippen LogP contribution in [-0.2, 0) is 17.8 Å². The van der Waals surface area contributed by atoms with E-state index in [-0.39, 0.29) is 17.4 Å². The molecule has 2 aliphatic heterocycles. The summed E-state index contributed by atoms with van der Waals surface area (Å²) in [7, 11) is 0. The van der Waals surface area contributed by atoms with Crippen molar-refractivity contribution in [2.24, 2.45) is 5.41 Å². The van der Waals surface area contributed by atoms with Crippen LogP contribution in [-0.4, -0.2) is 33.8 Å². The predicted molar refractivity (Wildman–Crippen MR) is 70.5 cm³/mol. The van der Waals surface area contributed by atoms with Crippen molar-refractivity contribution in [3.05, 3.63) is 11.6 Å². The molecule has 1 aromatic rings. The second-order valence-electron chi connectivity index (χ2n) is 5.91. The number of aromatic nitrogens is 3. The molecule has 1 amide bonds. The van der Waals surface area contributed by atoms with E-state index < -0.39 is 0 Å². The van der Waals surface area contributed by atoms with Gasteiger partial charge in [0.2, 0.25) is 5.91 Å². The van der Waals surface area contributed by atoms with Gasteiger partial charge >= 0.3 is 0 Å². The fourth-order valence-corrected chi connectivity index (χ4v) is 2.94.